The number of rotatable bonds is 8. The van der Waals surface area contributed by atoms with E-state index in [1.165, 1.54) is 24.0 Å². The molecule has 1 aliphatic heterocycles. The summed E-state index contributed by atoms with van der Waals surface area (Å²) in [6, 6.07) is 8.90. The van der Waals surface area contributed by atoms with Gasteiger partial charge in [0.1, 0.15) is 5.82 Å². The summed E-state index contributed by atoms with van der Waals surface area (Å²) in [5, 5.41) is 2.10. The van der Waals surface area contributed by atoms with Crippen LogP contribution in [0.25, 0.3) is 0 Å². The molecule has 1 aromatic carbocycles. The smallest absolute Gasteiger partial charge is 0.169 e. The van der Waals surface area contributed by atoms with Crippen molar-refractivity contribution in [3.63, 3.8) is 0 Å². The Labute approximate surface area is 165 Å². The second-order valence-electron chi connectivity index (χ2n) is 7.76. The molecule has 27 heavy (non-hydrogen) atoms. The van der Waals surface area contributed by atoms with E-state index in [-0.39, 0.29) is 11.6 Å². The van der Waals surface area contributed by atoms with Crippen molar-refractivity contribution in [2.75, 3.05) is 33.2 Å². The SMILES string of the molecule is CC(=O)c1cc(CN(C)CC2CCCN(CCc3ccc(F)cc3)C2)cs1. The van der Waals surface area contributed by atoms with Crippen LogP contribution in [0, 0.1) is 11.7 Å². The number of carbonyl (C=O) groups is 1. The van der Waals surface area contributed by atoms with Gasteiger partial charge in [-0.2, -0.15) is 0 Å². The first-order valence-electron chi connectivity index (χ1n) is 9.73. The number of hydrogen-bond acceptors (Lipinski definition) is 4. The van der Waals surface area contributed by atoms with Crippen molar-refractivity contribution in [2.45, 2.75) is 32.7 Å². The lowest BCUT2D eigenvalue weighted by molar-refractivity contribution is 0.102. The Balaban J connectivity index is 1.44. The average Bonchev–Trinajstić information content (AvgIpc) is 3.10. The van der Waals surface area contributed by atoms with Gasteiger partial charge in [0.25, 0.3) is 0 Å². The number of hydrogen-bond donors (Lipinski definition) is 0. The normalized spacial score (nSPS) is 18.1. The van der Waals surface area contributed by atoms with Gasteiger partial charge in [-0.1, -0.05) is 12.1 Å². The fourth-order valence-electron chi connectivity index (χ4n) is 3.90. The molecule has 0 N–H and O–H groups in total. The molecule has 1 unspecified atom stereocenters. The molecule has 1 aromatic heterocycles. The van der Waals surface area contributed by atoms with Crippen LogP contribution in [0.4, 0.5) is 4.39 Å². The van der Waals surface area contributed by atoms with Crippen LogP contribution in [0.3, 0.4) is 0 Å². The summed E-state index contributed by atoms with van der Waals surface area (Å²) in [6.45, 7) is 6.94. The van der Waals surface area contributed by atoms with Crippen molar-refractivity contribution in [3.8, 4) is 0 Å². The van der Waals surface area contributed by atoms with Crippen molar-refractivity contribution in [1.29, 1.82) is 0 Å². The van der Waals surface area contributed by atoms with Crippen LogP contribution < -0.4 is 0 Å². The average molecular weight is 389 g/mol. The molecule has 0 bridgehead atoms. The van der Waals surface area contributed by atoms with Gasteiger partial charge in [-0.25, -0.2) is 4.39 Å². The molecule has 146 valence electrons. The molecule has 2 heterocycles. The van der Waals surface area contributed by atoms with Crippen molar-refractivity contribution >= 4 is 17.1 Å². The van der Waals surface area contributed by atoms with Gasteiger partial charge in [0.2, 0.25) is 0 Å². The van der Waals surface area contributed by atoms with Gasteiger partial charge in [0, 0.05) is 26.2 Å². The van der Waals surface area contributed by atoms with Gasteiger partial charge in [-0.05, 0) is 80.4 Å². The van der Waals surface area contributed by atoms with Crippen molar-refractivity contribution in [1.82, 2.24) is 9.80 Å². The highest BCUT2D eigenvalue weighted by molar-refractivity contribution is 7.12. The van der Waals surface area contributed by atoms with Crippen LogP contribution in [0.5, 0.6) is 0 Å². The van der Waals surface area contributed by atoms with Crippen LogP contribution in [-0.4, -0.2) is 48.8 Å². The Morgan fingerprint density at radius 3 is 2.78 bits per heavy atom. The third kappa shape index (κ3) is 6.23. The Morgan fingerprint density at radius 2 is 2.07 bits per heavy atom. The van der Waals surface area contributed by atoms with E-state index in [0.717, 1.165) is 44.0 Å². The summed E-state index contributed by atoms with van der Waals surface area (Å²) in [5.41, 5.74) is 2.44. The Hall–Kier alpha value is -1.56. The van der Waals surface area contributed by atoms with E-state index >= 15 is 0 Å². The molecular formula is C22H29FN2OS. The monoisotopic (exact) mass is 388 g/mol. The van der Waals surface area contributed by atoms with E-state index in [2.05, 4.69) is 22.2 Å². The lowest BCUT2D eigenvalue weighted by atomic mass is 9.97. The van der Waals surface area contributed by atoms with Gasteiger partial charge < -0.3 is 9.80 Å². The molecule has 5 heteroatoms. The summed E-state index contributed by atoms with van der Waals surface area (Å²) in [4.78, 5) is 17.2. The number of ketones is 1. The van der Waals surface area contributed by atoms with E-state index in [4.69, 9.17) is 0 Å². The minimum absolute atomic E-state index is 0.151. The molecule has 3 nitrogen and oxygen atoms in total. The standard InChI is InChI=1S/C22H29FN2OS/c1-17(26)22-12-20(16-27-22)14-24(2)13-19-4-3-10-25(15-19)11-9-18-5-7-21(23)8-6-18/h5-8,12,16,19H,3-4,9-11,13-15H2,1-2H3. The number of likely N-dealkylation sites (tertiary alicyclic amines) is 1. The van der Waals surface area contributed by atoms with Crippen molar-refractivity contribution in [3.05, 3.63) is 57.5 Å². The molecule has 0 radical (unpaired) electrons. The molecule has 1 fully saturated rings. The lowest BCUT2D eigenvalue weighted by Crippen LogP contribution is -2.40. The van der Waals surface area contributed by atoms with Crippen LogP contribution in [0.15, 0.2) is 35.7 Å². The number of benzene rings is 1. The minimum atomic E-state index is -0.166. The number of nitrogens with zero attached hydrogens (tertiary/aromatic N) is 2. The molecule has 2 aromatic rings. The maximum atomic E-state index is 13.0. The fraction of sp³-hybridized carbons (Fsp3) is 0.500. The van der Waals surface area contributed by atoms with Crippen molar-refractivity contribution < 1.29 is 9.18 Å². The first-order chi connectivity index (χ1) is 13.0. The number of Topliss-reactive ketones (excluding diaryl/α,β-unsaturated/α-hetero) is 1. The van der Waals surface area contributed by atoms with Gasteiger partial charge in [-0.15, -0.1) is 11.3 Å². The zero-order chi connectivity index (χ0) is 19.2. The third-order valence-corrected chi connectivity index (χ3v) is 6.34. The zero-order valence-electron chi connectivity index (χ0n) is 16.3. The molecule has 0 aliphatic carbocycles. The summed E-state index contributed by atoms with van der Waals surface area (Å²) < 4.78 is 13.0. The highest BCUT2D eigenvalue weighted by Crippen LogP contribution is 2.20. The molecule has 0 saturated carbocycles. The van der Waals surface area contributed by atoms with E-state index in [9.17, 15) is 9.18 Å². The predicted octanol–water partition coefficient (Wildman–Crippen LogP) is 4.48. The van der Waals surface area contributed by atoms with E-state index in [1.807, 2.05) is 18.2 Å². The summed E-state index contributed by atoms with van der Waals surface area (Å²) in [5.74, 6) is 0.668. The van der Waals surface area contributed by atoms with Gasteiger partial charge in [0.05, 0.1) is 4.88 Å². The largest absolute Gasteiger partial charge is 0.303 e. The molecule has 1 aliphatic rings. The summed E-state index contributed by atoms with van der Waals surface area (Å²) in [6.07, 6.45) is 3.50. The maximum absolute atomic E-state index is 13.0. The van der Waals surface area contributed by atoms with E-state index < -0.39 is 0 Å². The maximum Gasteiger partial charge on any atom is 0.169 e. The highest BCUT2D eigenvalue weighted by atomic mass is 32.1. The summed E-state index contributed by atoms with van der Waals surface area (Å²) >= 11 is 1.54. The lowest BCUT2D eigenvalue weighted by Gasteiger charge is -2.34. The first-order valence-corrected chi connectivity index (χ1v) is 10.6. The third-order valence-electron chi connectivity index (χ3n) is 5.26. The second kappa shape index (κ2) is 9.58. The van der Waals surface area contributed by atoms with Gasteiger partial charge in [0.15, 0.2) is 5.78 Å². The number of halogens is 1. The second-order valence-corrected chi connectivity index (χ2v) is 8.67. The van der Waals surface area contributed by atoms with Gasteiger partial charge in [-0.3, -0.25) is 4.79 Å². The minimum Gasteiger partial charge on any atom is -0.303 e. The van der Waals surface area contributed by atoms with Crippen LogP contribution in [0.1, 0.15) is 40.6 Å². The highest BCUT2D eigenvalue weighted by Gasteiger charge is 2.21. The molecule has 1 atom stereocenters. The Morgan fingerprint density at radius 1 is 1.30 bits per heavy atom. The van der Waals surface area contributed by atoms with Crippen molar-refractivity contribution in [2.24, 2.45) is 5.92 Å². The van der Waals surface area contributed by atoms with Crippen LogP contribution in [-0.2, 0) is 13.0 Å². The molecular weight excluding hydrogens is 359 g/mol. The number of carbonyl (C=O) groups excluding carboxylic acids is 1. The van der Waals surface area contributed by atoms with Crippen LogP contribution in [0.2, 0.25) is 0 Å². The quantitative estimate of drug-likeness (QED) is 0.623. The van der Waals surface area contributed by atoms with Crippen LogP contribution >= 0.6 is 11.3 Å². The Bertz CT molecular complexity index is 743. The Kier molecular flexibility index (Phi) is 7.16. The molecule has 0 spiro atoms. The predicted molar refractivity (Wildman–Crippen MR) is 110 cm³/mol. The van der Waals surface area contributed by atoms with E-state index in [1.54, 1.807) is 30.4 Å². The first kappa shape index (κ1) is 20.2. The number of piperidine rings is 1. The zero-order valence-corrected chi connectivity index (χ0v) is 17.1. The molecule has 1 saturated heterocycles. The topological polar surface area (TPSA) is 23.6 Å². The molecule has 3 rings (SSSR count). The molecule has 0 amide bonds. The van der Waals surface area contributed by atoms with E-state index in [0.29, 0.717) is 5.92 Å². The fourth-order valence-corrected chi connectivity index (χ4v) is 4.71. The summed E-state index contributed by atoms with van der Waals surface area (Å²) in [7, 11) is 2.17. The van der Waals surface area contributed by atoms with Gasteiger partial charge >= 0.3 is 0 Å². The number of thiophene rings is 1.